The highest BCUT2D eigenvalue weighted by Gasteiger charge is 2.29. The van der Waals surface area contributed by atoms with Crippen molar-refractivity contribution in [3.8, 4) is 5.75 Å². The van der Waals surface area contributed by atoms with E-state index in [0.29, 0.717) is 28.6 Å². The molecule has 0 spiro atoms. The summed E-state index contributed by atoms with van der Waals surface area (Å²) in [6.45, 7) is 0. The van der Waals surface area contributed by atoms with Gasteiger partial charge >= 0.3 is 0 Å². The Morgan fingerprint density at radius 3 is 2.64 bits per heavy atom. The molecule has 0 unspecified atom stereocenters. The van der Waals surface area contributed by atoms with Crippen LogP contribution in [0.5, 0.6) is 5.75 Å². The van der Waals surface area contributed by atoms with Gasteiger partial charge in [0.25, 0.3) is 0 Å². The van der Waals surface area contributed by atoms with Crippen molar-refractivity contribution in [3.05, 3.63) is 28.2 Å². The van der Waals surface area contributed by atoms with Crippen LogP contribution < -0.4 is 4.74 Å². The van der Waals surface area contributed by atoms with E-state index >= 15 is 0 Å². The number of halogens is 2. The summed E-state index contributed by atoms with van der Waals surface area (Å²) in [5, 5.41) is 10.0. The van der Waals surface area contributed by atoms with E-state index in [-0.39, 0.29) is 12.2 Å². The van der Waals surface area contributed by atoms with Gasteiger partial charge in [-0.1, -0.05) is 29.3 Å². The summed E-state index contributed by atoms with van der Waals surface area (Å²) in [6.07, 6.45) is 1.19. The van der Waals surface area contributed by atoms with Crippen LogP contribution in [-0.4, -0.2) is 17.3 Å². The van der Waals surface area contributed by atoms with Crippen LogP contribution in [0.1, 0.15) is 12.8 Å². The van der Waals surface area contributed by atoms with E-state index in [2.05, 4.69) is 0 Å². The van der Waals surface area contributed by atoms with Crippen molar-refractivity contribution in [2.45, 2.75) is 25.0 Å². The standard InChI is InChI=1S/C10H10Cl2O2/c11-8-2-1-3-9(10(8)12)14-7-4-6(13)5-7/h1-3,6-7,13H,4-5H2. The number of aliphatic hydroxyl groups excluding tert-OH is 1. The molecule has 1 fully saturated rings. The van der Waals surface area contributed by atoms with Gasteiger partial charge in [-0.15, -0.1) is 0 Å². The molecular formula is C10H10Cl2O2. The zero-order chi connectivity index (χ0) is 10.1. The van der Waals surface area contributed by atoms with Gasteiger partial charge < -0.3 is 9.84 Å². The second kappa shape index (κ2) is 3.97. The lowest BCUT2D eigenvalue weighted by Crippen LogP contribution is -2.37. The molecule has 0 heterocycles. The first-order valence-corrected chi connectivity index (χ1v) is 5.21. The minimum Gasteiger partial charge on any atom is -0.489 e. The van der Waals surface area contributed by atoms with Gasteiger partial charge in [0.1, 0.15) is 16.9 Å². The molecule has 0 radical (unpaired) electrons. The first-order valence-electron chi connectivity index (χ1n) is 4.45. The number of rotatable bonds is 2. The second-order valence-corrected chi connectivity index (χ2v) is 4.20. The van der Waals surface area contributed by atoms with E-state index in [1.807, 2.05) is 0 Å². The Bertz CT molecular complexity index is 335. The largest absolute Gasteiger partial charge is 0.489 e. The molecule has 1 aliphatic carbocycles. The number of benzene rings is 1. The fraction of sp³-hybridized carbons (Fsp3) is 0.400. The zero-order valence-electron chi connectivity index (χ0n) is 7.41. The Labute approximate surface area is 92.4 Å². The van der Waals surface area contributed by atoms with Gasteiger partial charge in [-0.05, 0) is 12.1 Å². The summed E-state index contributed by atoms with van der Waals surface area (Å²) in [5.41, 5.74) is 0. The maximum absolute atomic E-state index is 9.08. The van der Waals surface area contributed by atoms with Crippen molar-refractivity contribution in [2.75, 3.05) is 0 Å². The Hall–Kier alpha value is -0.440. The third-order valence-electron chi connectivity index (χ3n) is 2.28. The molecule has 0 aliphatic heterocycles. The minimum atomic E-state index is -0.224. The van der Waals surface area contributed by atoms with Gasteiger partial charge in [0.05, 0.1) is 11.1 Å². The van der Waals surface area contributed by atoms with E-state index in [1.165, 1.54) is 0 Å². The van der Waals surface area contributed by atoms with Crippen LogP contribution in [0, 0.1) is 0 Å². The normalized spacial score (nSPS) is 25.6. The van der Waals surface area contributed by atoms with Gasteiger partial charge in [-0.2, -0.15) is 0 Å². The van der Waals surface area contributed by atoms with Crippen LogP contribution in [0.3, 0.4) is 0 Å². The lowest BCUT2D eigenvalue weighted by Gasteiger charge is -2.31. The van der Waals surface area contributed by atoms with E-state index in [9.17, 15) is 0 Å². The number of hydrogen-bond donors (Lipinski definition) is 1. The predicted octanol–water partition coefficient (Wildman–Crippen LogP) is 2.90. The van der Waals surface area contributed by atoms with Crippen molar-refractivity contribution >= 4 is 23.2 Å². The molecule has 0 aromatic heterocycles. The number of ether oxygens (including phenoxy) is 1. The fourth-order valence-corrected chi connectivity index (χ4v) is 1.73. The van der Waals surface area contributed by atoms with Crippen LogP contribution >= 0.6 is 23.2 Å². The summed E-state index contributed by atoms with van der Waals surface area (Å²) in [6, 6.07) is 5.28. The van der Waals surface area contributed by atoms with Crippen molar-refractivity contribution in [3.63, 3.8) is 0 Å². The topological polar surface area (TPSA) is 29.5 Å². The van der Waals surface area contributed by atoms with Gasteiger partial charge in [-0.3, -0.25) is 0 Å². The Balaban J connectivity index is 2.06. The summed E-state index contributed by atoms with van der Waals surface area (Å²) in [4.78, 5) is 0. The van der Waals surface area contributed by atoms with Gasteiger partial charge in [-0.25, -0.2) is 0 Å². The Morgan fingerprint density at radius 1 is 1.29 bits per heavy atom. The molecule has 0 atom stereocenters. The maximum atomic E-state index is 9.08. The quantitative estimate of drug-likeness (QED) is 0.850. The first-order chi connectivity index (χ1) is 6.66. The van der Waals surface area contributed by atoms with E-state index in [0.717, 1.165) is 0 Å². The molecule has 4 heteroatoms. The molecule has 2 rings (SSSR count). The third kappa shape index (κ3) is 1.97. The van der Waals surface area contributed by atoms with Gasteiger partial charge in [0.15, 0.2) is 0 Å². The molecule has 1 aliphatic rings. The van der Waals surface area contributed by atoms with Crippen LogP contribution in [0.2, 0.25) is 10.0 Å². The molecule has 14 heavy (non-hydrogen) atoms. The van der Waals surface area contributed by atoms with E-state index in [4.69, 9.17) is 33.0 Å². The summed E-state index contributed by atoms with van der Waals surface area (Å²) in [5.74, 6) is 0.594. The lowest BCUT2D eigenvalue weighted by molar-refractivity contribution is -0.0107. The number of aliphatic hydroxyl groups is 1. The highest BCUT2D eigenvalue weighted by molar-refractivity contribution is 6.42. The van der Waals surface area contributed by atoms with Crippen LogP contribution in [-0.2, 0) is 0 Å². The molecule has 1 aromatic carbocycles. The molecule has 1 saturated carbocycles. The molecule has 1 N–H and O–H groups in total. The predicted molar refractivity (Wildman–Crippen MR) is 56.1 cm³/mol. The molecular weight excluding hydrogens is 223 g/mol. The maximum Gasteiger partial charge on any atom is 0.139 e. The van der Waals surface area contributed by atoms with Crippen LogP contribution in [0.25, 0.3) is 0 Å². The average Bonchev–Trinajstić information content (AvgIpc) is 2.10. The molecule has 0 amide bonds. The molecule has 0 saturated heterocycles. The van der Waals surface area contributed by atoms with Crippen LogP contribution in [0.15, 0.2) is 18.2 Å². The highest BCUT2D eigenvalue weighted by Crippen LogP contribution is 2.34. The first kappa shape index (κ1) is 10.1. The smallest absolute Gasteiger partial charge is 0.139 e. The fourth-order valence-electron chi connectivity index (χ4n) is 1.39. The highest BCUT2D eigenvalue weighted by atomic mass is 35.5. The molecule has 0 bridgehead atoms. The number of hydrogen-bond acceptors (Lipinski definition) is 2. The molecule has 76 valence electrons. The average molecular weight is 233 g/mol. The SMILES string of the molecule is OC1CC(Oc2cccc(Cl)c2Cl)C1. The summed E-state index contributed by atoms with van der Waals surface area (Å²) < 4.78 is 5.56. The Kier molecular flexibility index (Phi) is 2.86. The summed E-state index contributed by atoms with van der Waals surface area (Å²) in [7, 11) is 0. The minimum absolute atomic E-state index is 0.0703. The van der Waals surface area contributed by atoms with Gasteiger partial charge in [0, 0.05) is 12.8 Å². The summed E-state index contributed by atoms with van der Waals surface area (Å²) >= 11 is 11.8. The van der Waals surface area contributed by atoms with Crippen molar-refractivity contribution in [1.82, 2.24) is 0 Å². The Morgan fingerprint density at radius 2 is 2.00 bits per heavy atom. The monoisotopic (exact) mass is 232 g/mol. The third-order valence-corrected chi connectivity index (χ3v) is 3.08. The van der Waals surface area contributed by atoms with Crippen molar-refractivity contribution in [1.29, 1.82) is 0 Å². The van der Waals surface area contributed by atoms with Crippen molar-refractivity contribution in [2.24, 2.45) is 0 Å². The van der Waals surface area contributed by atoms with Crippen molar-refractivity contribution < 1.29 is 9.84 Å². The van der Waals surface area contributed by atoms with E-state index in [1.54, 1.807) is 18.2 Å². The van der Waals surface area contributed by atoms with Crippen LogP contribution in [0.4, 0.5) is 0 Å². The zero-order valence-corrected chi connectivity index (χ0v) is 8.92. The molecule has 2 nitrogen and oxygen atoms in total. The second-order valence-electron chi connectivity index (χ2n) is 3.42. The molecule has 1 aromatic rings. The van der Waals surface area contributed by atoms with E-state index < -0.39 is 0 Å². The van der Waals surface area contributed by atoms with Gasteiger partial charge in [0.2, 0.25) is 0 Å². The lowest BCUT2D eigenvalue weighted by atomic mass is 9.92.